The first kappa shape index (κ1) is 9.35. The van der Waals surface area contributed by atoms with Crippen molar-refractivity contribution in [1.82, 2.24) is 11.2 Å². The monoisotopic (exact) mass is 396 g/mol. The van der Waals surface area contributed by atoms with E-state index >= 15 is 0 Å². The van der Waals surface area contributed by atoms with E-state index in [2.05, 4.69) is 0 Å². The van der Waals surface area contributed by atoms with E-state index in [9.17, 15) is 4.79 Å². The molecule has 1 aliphatic rings. The third-order valence-corrected chi connectivity index (χ3v) is 1.51. The Morgan fingerprint density at radius 3 is 2.40 bits per heavy atom. The first-order chi connectivity index (χ1) is 4.22. The van der Waals surface area contributed by atoms with Crippen LogP contribution in [0.2, 0.25) is 0 Å². The van der Waals surface area contributed by atoms with Crippen molar-refractivity contribution in [1.29, 1.82) is 0 Å². The van der Waals surface area contributed by atoms with E-state index < -0.39 is 12.0 Å². The summed E-state index contributed by atoms with van der Waals surface area (Å²) in [6, 6.07) is -0.662. The molecule has 5 N–H and O–H groups in total. The summed E-state index contributed by atoms with van der Waals surface area (Å²) in [7, 11) is 0. The number of hydrogen-bond acceptors (Lipinski definition) is 4. The minimum atomic E-state index is -0.935. The molecule has 5 nitrogen and oxygen atoms in total. The van der Waals surface area contributed by atoms with Crippen molar-refractivity contribution >= 4 is 5.97 Å². The molecule has 1 rings (SSSR count). The van der Waals surface area contributed by atoms with Gasteiger partial charge in [0.05, 0.1) is 0 Å². The van der Waals surface area contributed by atoms with Crippen LogP contribution in [-0.2, 0) is 4.79 Å². The van der Waals surface area contributed by atoms with E-state index in [0.29, 0.717) is 13.0 Å². The molecule has 1 unspecified atom stereocenters. The second-order valence-electron chi connectivity index (χ2n) is 2.16. The lowest BCUT2D eigenvalue weighted by molar-refractivity contribution is -0.160. The van der Waals surface area contributed by atoms with Crippen LogP contribution in [0.25, 0.3) is 0 Å². The van der Waals surface area contributed by atoms with E-state index in [1.807, 2.05) is 0 Å². The van der Waals surface area contributed by atoms with Gasteiger partial charge in [-0.1, -0.05) is 0 Å². The maximum Gasteiger partial charge on any atom is 0.323 e. The van der Waals surface area contributed by atoms with Crippen molar-refractivity contribution in [2.75, 3.05) is 6.54 Å². The quantitative estimate of drug-likeness (QED) is 0.584. The summed E-state index contributed by atoms with van der Waals surface area (Å²) in [5.74, 6) is -0.935. The molecule has 0 amide bonds. The van der Waals surface area contributed by atoms with Gasteiger partial charge >= 0.3 is 5.97 Å². The number of carbonyl (C=O) groups is 1. The van der Waals surface area contributed by atoms with Crippen molar-refractivity contribution in [3.8, 4) is 0 Å². The molecule has 0 aliphatic carbocycles. The maximum absolute atomic E-state index is 10.2. The number of carboxylic acid groups (broad SMARTS) is 1. The summed E-state index contributed by atoms with van der Waals surface area (Å²) in [6.45, 7) is 0.483. The van der Waals surface area contributed by atoms with E-state index in [1.54, 1.807) is 0 Å². The van der Waals surface area contributed by atoms with Crippen LogP contribution < -0.4 is 6.15 Å². The third kappa shape index (κ3) is 1.66. The van der Waals surface area contributed by atoms with Gasteiger partial charge in [0.15, 0.2) is 0 Å². The van der Waals surface area contributed by atoms with Gasteiger partial charge in [-0.2, -0.15) is 5.06 Å². The number of rotatable bonds is 1. The zero-order valence-corrected chi connectivity index (χ0v) is 5.66. The van der Waals surface area contributed by atoms with Gasteiger partial charge in [-0.3, -0.25) is 4.79 Å². The number of hydrogen-bond donors (Lipinski definition) is 3. The highest BCUT2D eigenvalue weighted by Gasteiger charge is 2.28. The molecular weight excluding hydrogens is 384 g/mol. The Bertz CT molecular complexity index is 128. The second-order valence-corrected chi connectivity index (χ2v) is 2.16. The molecule has 0 radical (unpaired) electrons. The van der Waals surface area contributed by atoms with Gasteiger partial charge in [0.2, 0.25) is 0 Å². The summed E-state index contributed by atoms with van der Waals surface area (Å²) in [6.07, 6.45) is 1.33. The molecule has 0 aromatic heterocycles. The molecule has 0 spiro atoms. The van der Waals surface area contributed by atoms with Crippen LogP contribution in [0.3, 0.4) is 0 Å². The molecule has 1 atom stereocenters. The fraction of sp³-hybridized carbons (Fsp3) is 0.800. The Morgan fingerprint density at radius 1 is 1.60 bits per heavy atom. The predicted octanol–water partition coefficient (Wildman–Crippen LogP) is 0.0866. The highest BCUT2D eigenvalue weighted by atomic mass is 262. The first-order valence-corrected chi connectivity index (χ1v) is 2.90. The SMILES string of the molecule is O=C(O)C1CCCN1O.[262NH3]. The Hall–Kier alpha value is -0.650. The molecule has 1 aliphatic heterocycles. The van der Waals surface area contributed by atoms with Gasteiger partial charge in [0, 0.05) is 6.54 Å². The summed E-state index contributed by atoms with van der Waals surface area (Å²) in [5.41, 5.74) is 0. The van der Waals surface area contributed by atoms with Gasteiger partial charge in [-0.15, -0.1) is 0 Å². The van der Waals surface area contributed by atoms with Crippen molar-refractivity contribution in [2.24, 2.45) is 0 Å². The molecule has 5 heteroatoms. The standard InChI is InChI=1S/C5H9NO3.H3N/c7-5(8)4-2-1-3-6(4)9;/h4,9H,1-3H2,(H,7,8);1H3/i;1-5. The summed E-state index contributed by atoms with van der Waals surface area (Å²) in [4.78, 5) is 10.2. The largest absolute Gasteiger partial charge is 0.480 e. The fourth-order valence-electron chi connectivity index (χ4n) is 1.00. The number of carboxylic acids is 1. The molecular formula is C5H12N2O3. The molecule has 1 heterocycles. The highest BCUT2D eigenvalue weighted by molar-refractivity contribution is 5.73. The molecule has 1 fully saturated rings. The predicted molar refractivity (Wildman–Crippen MR) is 34.2 cm³/mol. The van der Waals surface area contributed by atoms with Crippen molar-refractivity contribution < 1.29 is 15.1 Å². The Balaban J connectivity index is 0.000000810. The topological polar surface area (TPSA) is 95.8 Å². The summed E-state index contributed by atoms with van der Waals surface area (Å²) >= 11 is 0. The lowest BCUT2D eigenvalue weighted by Crippen LogP contribution is -2.32. The Kier molecular flexibility index (Phi) is 3.27. The molecule has 10 heavy (non-hydrogen) atoms. The minimum absolute atomic E-state index is 0. The second kappa shape index (κ2) is 3.50. The normalized spacial score (nSPS) is 25.9. The van der Waals surface area contributed by atoms with Gasteiger partial charge in [0.1, 0.15) is 6.04 Å². The van der Waals surface area contributed by atoms with E-state index in [-0.39, 0.29) is 6.15 Å². The van der Waals surface area contributed by atoms with E-state index in [1.165, 1.54) is 0 Å². The van der Waals surface area contributed by atoms with Crippen LogP contribution in [-0.4, -0.2) is 33.9 Å². The minimum Gasteiger partial charge on any atom is -0.480 e. The maximum atomic E-state index is 10.2. The molecule has 0 aromatic rings. The zero-order valence-electron chi connectivity index (χ0n) is 5.66. The summed E-state index contributed by atoms with van der Waals surface area (Å²) in [5, 5.41) is 18.1. The molecule has 60 valence electrons. The third-order valence-electron chi connectivity index (χ3n) is 1.51. The first-order valence-electron chi connectivity index (χ1n) is 2.90. The average molecular weight is 396 g/mol. The van der Waals surface area contributed by atoms with Gasteiger partial charge in [-0.25, -0.2) is 0 Å². The van der Waals surface area contributed by atoms with Crippen LogP contribution in [0.4, 0.5) is 0 Å². The Morgan fingerprint density at radius 2 is 2.20 bits per heavy atom. The molecule has 0 aromatic carbocycles. The Labute approximate surface area is 58.8 Å². The van der Waals surface area contributed by atoms with Crippen molar-refractivity contribution in [3.63, 3.8) is 0 Å². The highest BCUT2D eigenvalue weighted by Crippen LogP contribution is 2.13. The molecule has 0 bridgehead atoms. The molecule has 0 saturated carbocycles. The van der Waals surface area contributed by atoms with Crippen molar-refractivity contribution in [3.05, 3.63) is 0 Å². The van der Waals surface area contributed by atoms with Gasteiger partial charge in [0.25, 0.3) is 0 Å². The number of nitrogens with zero attached hydrogens (tertiary/aromatic N) is 1. The van der Waals surface area contributed by atoms with Crippen molar-refractivity contribution in [2.45, 2.75) is 18.9 Å². The van der Waals surface area contributed by atoms with Gasteiger partial charge < -0.3 is 16.5 Å². The van der Waals surface area contributed by atoms with Crippen LogP contribution in [0.15, 0.2) is 0 Å². The number of aliphatic carboxylic acids is 1. The average Bonchev–Trinajstić information content (AvgIpc) is 2.13. The van der Waals surface area contributed by atoms with Gasteiger partial charge in [-0.05, 0) is 12.8 Å². The van der Waals surface area contributed by atoms with E-state index in [4.69, 9.17) is 10.3 Å². The van der Waals surface area contributed by atoms with E-state index in [0.717, 1.165) is 11.5 Å². The van der Waals surface area contributed by atoms with Crippen LogP contribution in [0.5, 0.6) is 0 Å². The fourth-order valence-corrected chi connectivity index (χ4v) is 1.00. The zero-order chi connectivity index (χ0) is 6.85. The number of hydroxylamine groups is 2. The lowest BCUT2D eigenvalue weighted by Gasteiger charge is -2.11. The summed E-state index contributed by atoms with van der Waals surface area (Å²) < 4.78 is 0. The lowest BCUT2D eigenvalue weighted by atomic mass is 10.2. The smallest absolute Gasteiger partial charge is 0.323 e. The van der Waals surface area contributed by atoms with Crippen LogP contribution in [0.1, 0.15) is 12.8 Å². The molecule has 1 saturated heterocycles. The van der Waals surface area contributed by atoms with Crippen LogP contribution in [0, 0.1) is 0 Å². The van der Waals surface area contributed by atoms with Crippen LogP contribution >= 0.6 is 0 Å².